The van der Waals surface area contributed by atoms with Crippen molar-refractivity contribution in [2.75, 3.05) is 19.5 Å². The van der Waals surface area contributed by atoms with E-state index in [0.29, 0.717) is 13.0 Å². The maximum Gasteiger partial charge on any atom is 0.211 e. The first-order valence-corrected chi connectivity index (χ1v) is 7.43. The van der Waals surface area contributed by atoms with Crippen LogP contribution in [-0.4, -0.2) is 40.0 Å². The molecule has 17 heavy (non-hydrogen) atoms. The number of nitrogens with one attached hydrogen (secondary N) is 1. The number of hydrogen-bond donors (Lipinski definition) is 2. The summed E-state index contributed by atoms with van der Waals surface area (Å²) in [7, 11) is -1.57. The summed E-state index contributed by atoms with van der Waals surface area (Å²) >= 11 is 0. The van der Waals surface area contributed by atoms with Crippen molar-refractivity contribution in [2.45, 2.75) is 44.2 Å². The van der Waals surface area contributed by atoms with Crippen molar-refractivity contribution in [1.82, 2.24) is 4.72 Å². The van der Waals surface area contributed by atoms with Crippen LogP contribution in [0.2, 0.25) is 0 Å². The molecule has 0 spiro atoms. The van der Waals surface area contributed by atoms with E-state index in [1.165, 1.54) is 0 Å². The lowest BCUT2D eigenvalue weighted by Gasteiger charge is -2.26. The van der Waals surface area contributed by atoms with Crippen LogP contribution in [0.25, 0.3) is 0 Å². The van der Waals surface area contributed by atoms with Crippen LogP contribution in [0.3, 0.4) is 0 Å². The number of hydrogen-bond acceptors (Lipinski definition) is 4. The number of halogens is 1. The molecular weight excluding hydrogens is 264 g/mol. The first kappa shape index (κ1) is 17.1. The highest BCUT2D eigenvalue weighted by molar-refractivity contribution is 7.89. The van der Waals surface area contributed by atoms with Crippen molar-refractivity contribution in [1.29, 1.82) is 0 Å². The van der Waals surface area contributed by atoms with Crippen molar-refractivity contribution in [3.63, 3.8) is 0 Å². The molecule has 0 bridgehead atoms. The molecular formula is C10H23ClN2O3S. The normalized spacial score (nSPS) is 25.3. The smallest absolute Gasteiger partial charge is 0.211 e. The van der Waals surface area contributed by atoms with Crippen molar-refractivity contribution >= 4 is 22.4 Å². The lowest BCUT2D eigenvalue weighted by Crippen LogP contribution is -2.41. The highest BCUT2D eigenvalue weighted by Crippen LogP contribution is 2.17. The van der Waals surface area contributed by atoms with Gasteiger partial charge < -0.3 is 10.5 Å². The minimum absolute atomic E-state index is 0. The summed E-state index contributed by atoms with van der Waals surface area (Å²) < 4.78 is 30.9. The van der Waals surface area contributed by atoms with E-state index in [4.69, 9.17) is 10.5 Å². The van der Waals surface area contributed by atoms with Gasteiger partial charge in [-0.3, -0.25) is 0 Å². The van der Waals surface area contributed by atoms with Crippen LogP contribution in [0.1, 0.15) is 32.1 Å². The topological polar surface area (TPSA) is 81.4 Å². The van der Waals surface area contributed by atoms with E-state index in [0.717, 1.165) is 25.7 Å². The Morgan fingerprint density at radius 2 is 1.88 bits per heavy atom. The molecule has 0 unspecified atom stereocenters. The second kappa shape index (κ2) is 8.26. The highest BCUT2D eigenvalue weighted by atomic mass is 35.5. The molecule has 0 amide bonds. The molecule has 0 aromatic carbocycles. The van der Waals surface area contributed by atoms with Crippen molar-refractivity contribution in [2.24, 2.45) is 5.73 Å². The summed E-state index contributed by atoms with van der Waals surface area (Å²) in [4.78, 5) is 0. The molecule has 3 N–H and O–H groups in total. The number of sulfonamides is 1. The van der Waals surface area contributed by atoms with Crippen molar-refractivity contribution in [3.8, 4) is 0 Å². The number of methoxy groups -OCH3 is 1. The fourth-order valence-corrected chi connectivity index (χ4v) is 3.30. The Balaban J connectivity index is 0.00000256. The first-order chi connectivity index (χ1) is 7.53. The molecule has 1 rings (SSSR count). The molecule has 7 heteroatoms. The Hall–Kier alpha value is 0.120. The van der Waals surface area contributed by atoms with Crippen LogP contribution in [0.15, 0.2) is 0 Å². The van der Waals surface area contributed by atoms with E-state index in [1.54, 1.807) is 7.11 Å². The van der Waals surface area contributed by atoms with E-state index in [9.17, 15) is 8.42 Å². The largest absolute Gasteiger partial charge is 0.385 e. The van der Waals surface area contributed by atoms with Gasteiger partial charge in [-0.05, 0) is 32.1 Å². The molecule has 5 nitrogen and oxygen atoms in total. The minimum Gasteiger partial charge on any atom is -0.385 e. The van der Waals surface area contributed by atoms with Crippen molar-refractivity contribution < 1.29 is 13.2 Å². The zero-order valence-corrected chi connectivity index (χ0v) is 11.9. The maximum absolute atomic E-state index is 11.7. The van der Waals surface area contributed by atoms with Gasteiger partial charge in [0.2, 0.25) is 10.0 Å². The van der Waals surface area contributed by atoms with Gasteiger partial charge in [0.05, 0.1) is 5.75 Å². The SMILES string of the molecule is COCCCS(=O)(=O)NC1CCC(N)CC1.Cl. The summed E-state index contributed by atoms with van der Waals surface area (Å²) in [5, 5.41) is 0. The molecule has 104 valence electrons. The van der Waals surface area contributed by atoms with E-state index in [2.05, 4.69) is 4.72 Å². The van der Waals surface area contributed by atoms with Crippen molar-refractivity contribution in [3.05, 3.63) is 0 Å². The van der Waals surface area contributed by atoms with E-state index in [1.807, 2.05) is 0 Å². The molecule has 0 atom stereocenters. The Morgan fingerprint density at radius 3 is 2.41 bits per heavy atom. The monoisotopic (exact) mass is 286 g/mol. The Labute approximate surface area is 110 Å². The van der Waals surface area contributed by atoms with E-state index in [-0.39, 0.29) is 30.2 Å². The van der Waals surface area contributed by atoms with E-state index < -0.39 is 10.0 Å². The van der Waals surface area contributed by atoms with Crippen LogP contribution in [0.4, 0.5) is 0 Å². The molecule has 0 radical (unpaired) electrons. The van der Waals surface area contributed by atoms with E-state index >= 15 is 0 Å². The predicted molar refractivity (Wildman–Crippen MR) is 70.9 cm³/mol. The van der Waals surface area contributed by atoms with Gasteiger partial charge >= 0.3 is 0 Å². The third kappa shape index (κ3) is 7.21. The fourth-order valence-electron chi connectivity index (χ4n) is 1.94. The average Bonchev–Trinajstić information content (AvgIpc) is 2.21. The lowest BCUT2D eigenvalue weighted by atomic mass is 9.93. The van der Waals surface area contributed by atoms with Gasteiger partial charge in [-0.15, -0.1) is 12.4 Å². The molecule has 1 saturated carbocycles. The fraction of sp³-hybridized carbons (Fsp3) is 1.00. The van der Waals surface area contributed by atoms with Gasteiger partial charge in [-0.1, -0.05) is 0 Å². The molecule has 1 fully saturated rings. The molecule has 1 aliphatic rings. The van der Waals surface area contributed by atoms with Crippen LogP contribution in [-0.2, 0) is 14.8 Å². The van der Waals surface area contributed by atoms with Gasteiger partial charge in [0.1, 0.15) is 0 Å². The molecule has 1 aliphatic carbocycles. The third-order valence-electron chi connectivity index (χ3n) is 2.88. The van der Waals surface area contributed by atoms with Gasteiger partial charge in [0.15, 0.2) is 0 Å². The molecule has 0 heterocycles. The summed E-state index contributed by atoms with van der Waals surface area (Å²) in [5.41, 5.74) is 5.77. The second-order valence-corrected chi connectivity index (χ2v) is 6.27. The quantitative estimate of drug-likeness (QED) is 0.702. The number of rotatable bonds is 6. The minimum atomic E-state index is -3.14. The third-order valence-corrected chi connectivity index (χ3v) is 4.40. The summed E-state index contributed by atoms with van der Waals surface area (Å²) in [5.74, 6) is 0.142. The predicted octanol–water partition coefficient (Wildman–Crippen LogP) is 0.634. The highest BCUT2D eigenvalue weighted by Gasteiger charge is 2.22. The zero-order chi connectivity index (χ0) is 12.0. The Morgan fingerprint density at radius 1 is 1.29 bits per heavy atom. The Kier molecular flexibility index (Phi) is 8.32. The number of ether oxygens (including phenoxy) is 1. The summed E-state index contributed by atoms with van der Waals surface area (Å²) in [6.07, 6.45) is 4.06. The first-order valence-electron chi connectivity index (χ1n) is 5.78. The van der Waals surface area contributed by atoms with Gasteiger partial charge in [0, 0.05) is 25.8 Å². The standard InChI is InChI=1S/C10H22N2O3S.ClH/c1-15-7-2-8-16(13,14)12-10-5-3-9(11)4-6-10;/h9-10,12H,2-8,11H2,1H3;1H. The van der Waals surface area contributed by atoms with Crippen LogP contribution < -0.4 is 10.5 Å². The van der Waals surface area contributed by atoms with Crippen LogP contribution in [0, 0.1) is 0 Å². The number of nitrogens with two attached hydrogens (primary N) is 1. The second-order valence-electron chi connectivity index (χ2n) is 4.39. The Bertz CT molecular complexity index is 290. The van der Waals surface area contributed by atoms with Crippen LogP contribution in [0.5, 0.6) is 0 Å². The summed E-state index contributed by atoms with van der Waals surface area (Å²) in [6.45, 7) is 0.483. The molecule has 0 aromatic rings. The lowest BCUT2D eigenvalue weighted by molar-refractivity contribution is 0.199. The van der Waals surface area contributed by atoms with Gasteiger partial charge in [-0.2, -0.15) is 0 Å². The zero-order valence-electron chi connectivity index (χ0n) is 10.2. The summed E-state index contributed by atoms with van der Waals surface area (Å²) in [6, 6.07) is 0.321. The molecule has 0 saturated heterocycles. The molecule has 0 aliphatic heterocycles. The van der Waals surface area contributed by atoms with Gasteiger partial charge in [-0.25, -0.2) is 13.1 Å². The van der Waals surface area contributed by atoms with Gasteiger partial charge in [0.25, 0.3) is 0 Å². The van der Waals surface area contributed by atoms with Crippen LogP contribution >= 0.6 is 12.4 Å². The molecule has 0 aromatic heterocycles. The average molecular weight is 287 g/mol. The maximum atomic E-state index is 11.7.